The molecule has 48 heavy (non-hydrogen) atoms. The number of ether oxygens (including phenoxy) is 2. The molecular weight excluding hydrogens is 644 g/mol. The Balaban J connectivity index is 1.86. The third kappa shape index (κ3) is 12.3. The standard InChI is InChI=1S/C34H45F6N3O5/c1-22-18-43(23(2)21-44)32(46)28-17-27(41-31(45)14-15-33(35,36)37)12-13-29(28)48-24(3)7-5-6-16-47-30(22)20-42(4)19-25-8-10-26(11-9-25)34(38,39)40/h8-13,17,22-24,30,44H,5-7,14-16,18-21H2,1-4H3,(H,41,45)/t22-,23-,24-,30-/m1/s1. The van der Waals surface area contributed by atoms with Gasteiger partial charge >= 0.3 is 12.4 Å². The maximum absolute atomic E-state index is 14.2. The molecule has 0 saturated heterocycles. The minimum absolute atomic E-state index is 0.0805. The van der Waals surface area contributed by atoms with Gasteiger partial charge in [0.25, 0.3) is 5.91 Å². The van der Waals surface area contributed by atoms with E-state index in [1.54, 1.807) is 6.92 Å². The van der Waals surface area contributed by atoms with E-state index in [1.165, 1.54) is 35.2 Å². The minimum atomic E-state index is -4.49. The van der Waals surface area contributed by atoms with E-state index in [2.05, 4.69) is 5.32 Å². The number of carbonyl (C=O) groups excluding carboxylic acids is 2. The molecule has 4 atom stereocenters. The van der Waals surface area contributed by atoms with Crippen molar-refractivity contribution in [3.05, 3.63) is 59.2 Å². The molecule has 0 spiro atoms. The summed E-state index contributed by atoms with van der Waals surface area (Å²) in [6, 6.07) is 8.66. The molecule has 0 saturated carbocycles. The van der Waals surface area contributed by atoms with Crippen molar-refractivity contribution in [1.29, 1.82) is 0 Å². The third-order valence-electron chi connectivity index (χ3n) is 8.20. The molecule has 0 unspecified atom stereocenters. The molecule has 0 fully saturated rings. The molecule has 0 aliphatic carbocycles. The molecule has 0 aromatic heterocycles. The fourth-order valence-corrected chi connectivity index (χ4v) is 5.42. The summed E-state index contributed by atoms with van der Waals surface area (Å²) in [5, 5.41) is 12.5. The third-order valence-corrected chi connectivity index (χ3v) is 8.20. The molecule has 2 amide bonds. The summed E-state index contributed by atoms with van der Waals surface area (Å²) in [5.41, 5.74) is 0.174. The van der Waals surface area contributed by atoms with Crippen LogP contribution in [0.15, 0.2) is 42.5 Å². The van der Waals surface area contributed by atoms with Crippen LogP contribution in [0.25, 0.3) is 0 Å². The molecule has 1 aliphatic rings. The van der Waals surface area contributed by atoms with Gasteiger partial charge in [-0.2, -0.15) is 26.3 Å². The summed E-state index contributed by atoms with van der Waals surface area (Å²) >= 11 is 0. The van der Waals surface area contributed by atoms with Crippen molar-refractivity contribution in [2.45, 2.75) is 90.0 Å². The molecule has 2 N–H and O–H groups in total. The van der Waals surface area contributed by atoms with Crippen LogP contribution in [-0.4, -0.2) is 84.5 Å². The number of fused-ring (bicyclic) bond motifs is 1. The maximum Gasteiger partial charge on any atom is 0.416 e. The fraction of sp³-hybridized carbons (Fsp3) is 0.588. The molecule has 8 nitrogen and oxygen atoms in total. The Labute approximate surface area is 277 Å². The number of alkyl halides is 6. The molecule has 1 aliphatic heterocycles. The number of hydrogen-bond acceptors (Lipinski definition) is 6. The number of likely N-dealkylation sites (N-methyl/N-ethyl adjacent to an activating group) is 1. The molecular formula is C34H45F6N3O5. The highest BCUT2D eigenvalue weighted by Crippen LogP contribution is 2.31. The van der Waals surface area contributed by atoms with Gasteiger partial charge in [0.05, 0.1) is 42.4 Å². The zero-order valence-corrected chi connectivity index (χ0v) is 27.7. The van der Waals surface area contributed by atoms with E-state index in [1.807, 2.05) is 25.8 Å². The van der Waals surface area contributed by atoms with Gasteiger partial charge in [0.2, 0.25) is 5.91 Å². The first-order valence-electron chi connectivity index (χ1n) is 16.0. The van der Waals surface area contributed by atoms with Gasteiger partial charge in [-0.15, -0.1) is 0 Å². The monoisotopic (exact) mass is 689 g/mol. The van der Waals surface area contributed by atoms with Crippen LogP contribution >= 0.6 is 0 Å². The second kappa shape index (κ2) is 17.3. The van der Waals surface area contributed by atoms with Crippen LogP contribution in [-0.2, 0) is 22.3 Å². The topological polar surface area (TPSA) is 91.3 Å². The van der Waals surface area contributed by atoms with Gasteiger partial charge in [-0.05, 0) is 76.1 Å². The number of anilines is 1. The number of benzene rings is 2. The first kappa shape index (κ1) is 39.1. The van der Waals surface area contributed by atoms with Crippen LogP contribution in [0.4, 0.5) is 32.0 Å². The van der Waals surface area contributed by atoms with Crippen LogP contribution in [0.5, 0.6) is 5.75 Å². The fourth-order valence-electron chi connectivity index (χ4n) is 5.42. The van der Waals surface area contributed by atoms with Crippen LogP contribution in [0.2, 0.25) is 0 Å². The SMILES string of the molecule is C[C@@H]1CCCCO[C@H](CN(C)Cc2ccc(C(F)(F)F)cc2)[C@H](C)CN([C@H](C)CO)C(=O)c2cc(NC(=O)CCC(F)(F)F)ccc2O1. The number of halogens is 6. The van der Waals surface area contributed by atoms with Crippen molar-refractivity contribution in [3.63, 3.8) is 0 Å². The average molecular weight is 690 g/mol. The van der Waals surface area contributed by atoms with Crippen molar-refractivity contribution in [1.82, 2.24) is 9.80 Å². The number of carbonyl (C=O) groups is 2. The lowest BCUT2D eigenvalue weighted by atomic mass is 10.0. The van der Waals surface area contributed by atoms with Crippen LogP contribution < -0.4 is 10.1 Å². The zero-order chi connectivity index (χ0) is 35.6. The Hall–Kier alpha value is -3.36. The van der Waals surface area contributed by atoms with Gasteiger partial charge in [0.1, 0.15) is 5.75 Å². The van der Waals surface area contributed by atoms with E-state index in [0.717, 1.165) is 25.0 Å². The number of aliphatic hydroxyl groups is 1. The van der Waals surface area contributed by atoms with Gasteiger partial charge in [0, 0.05) is 44.3 Å². The molecule has 2 aromatic carbocycles. The van der Waals surface area contributed by atoms with E-state index in [0.29, 0.717) is 31.7 Å². The van der Waals surface area contributed by atoms with Gasteiger partial charge in [0.15, 0.2) is 0 Å². The van der Waals surface area contributed by atoms with E-state index < -0.39 is 48.6 Å². The predicted octanol–water partition coefficient (Wildman–Crippen LogP) is 6.91. The zero-order valence-electron chi connectivity index (χ0n) is 27.7. The lowest BCUT2D eigenvalue weighted by Crippen LogP contribution is -2.47. The Morgan fingerprint density at radius 2 is 1.77 bits per heavy atom. The molecule has 2 aromatic rings. The number of nitrogens with zero attached hydrogens (tertiary/aromatic N) is 2. The summed E-state index contributed by atoms with van der Waals surface area (Å²) in [6.07, 6.45) is -9.55. The predicted molar refractivity (Wildman–Crippen MR) is 169 cm³/mol. The highest BCUT2D eigenvalue weighted by atomic mass is 19.4. The second-order valence-electron chi connectivity index (χ2n) is 12.6. The Morgan fingerprint density at radius 3 is 2.40 bits per heavy atom. The highest BCUT2D eigenvalue weighted by molar-refractivity contribution is 5.99. The number of rotatable bonds is 9. The van der Waals surface area contributed by atoms with Gasteiger partial charge in [-0.3, -0.25) is 14.5 Å². The van der Waals surface area contributed by atoms with Crippen molar-refractivity contribution in [2.24, 2.45) is 5.92 Å². The number of hydrogen-bond donors (Lipinski definition) is 2. The maximum atomic E-state index is 14.2. The lowest BCUT2D eigenvalue weighted by molar-refractivity contribution is -0.142. The Kier molecular flexibility index (Phi) is 14.1. The second-order valence-corrected chi connectivity index (χ2v) is 12.6. The van der Waals surface area contributed by atoms with Gasteiger partial charge in [-0.1, -0.05) is 19.1 Å². The van der Waals surface area contributed by atoms with Crippen molar-refractivity contribution in [3.8, 4) is 5.75 Å². The molecule has 1 heterocycles. The van der Waals surface area contributed by atoms with E-state index in [4.69, 9.17) is 9.47 Å². The van der Waals surface area contributed by atoms with Crippen molar-refractivity contribution < 1.29 is 50.5 Å². The largest absolute Gasteiger partial charge is 0.490 e. The highest BCUT2D eigenvalue weighted by Gasteiger charge is 2.32. The normalized spacial score (nSPS) is 20.9. The molecule has 0 bridgehead atoms. The molecule has 3 rings (SSSR count). The molecule has 14 heteroatoms. The first-order valence-corrected chi connectivity index (χ1v) is 16.0. The van der Waals surface area contributed by atoms with Crippen LogP contribution in [0.3, 0.4) is 0 Å². The van der Waals surface area contributed by atoms with Crippen LogP contribution in [0.1, 0.15) is 74.4 Å². The molecule has 0 radical (unpaired) electrons. The quantitative estimate of drug-likeness (QED) is 0.278. The summed E-state index contributed by atoms with van der Waals surface area (Å²) < 4.78 is 89.5. The number of nitrogens with one attached hydrogen (secondary N) is 1. The smallest absolute Gasteiger partial charge is 0.416 e. The van der Waals surface area contributed by atoms with Crippen molar-refractivity contribution in [2.75, 3.05) is 38.7 Å². The van der Waals surface area contributed by atoms with Crippen LogP contribution in [0, 0.1) is 5.92 Å². The Bertz CT molecular complexity index is 1340. The lowest BCUT2D eigenvalue weighted by Gasteiger charge is -2.36. The van der Waals surface area contributed by atoms with E-state index >= 15 is 0 Å². The Morgan fingerprint density at radius 1 is 1.08 bits per heavy atom. The van der Waals surface area contributed by atoms with Gasteiger partial charge in [-0.25, -0.2) is 0 Å². The summed E-state index contributed by atoms with van der Waals surface area (Å²) in [5.74, 6) is -1.39. The minimum Gasteiger partial charge on any atom is -0.490 e. The van der Waals surface area contributed by atoms with Gasteiger partial charge < -0.3 is 24.8 Å². The average Bonchev–Trinajstić information content (AvgIpc) is 3.01. The van der Waals surface area contributed by atoms with E-state index in [9.17, 15) is 41.0 Å². The number of amides is 2. The summed E-state index contributed by atoms with van der Waals surface area (Å²) in [4.78, 5) is 29.8. The first-order chi connectivity index (χ1) is 22.5. The summed E-state index contributed by atoms with van der Waals surface area (Å²) in [6.45, 7) is 6.42. The summed E-state index contributed by atoms with van der Waals surface area (Å²) in [7, 11) is 1.83. The molecule has 268 valence electrons. The number of aliphatic hydroxyl groups excluding tert-OH is 1. The van der Waals surface area contributed by atoms with E-state index in [-0.39, 0.29) is 48.3 Å². The van der Waals surface area contributed by atoms with Crippen molar-refractivity contribution >= 4 is 17.5 Å².